The summed E-state index contributed by atoms with van der Waals surface area (Å²) in [6, 6.07) is 7.49. The zero-order chi connectivity index (χ0) is 16.6. The highest BCUT2D eigenvalue weighted by molar-refractivity contribution is 5.81. The third-order valence-corrected chi connectivity index (χ3v) is 2.26. The van der Waals surface area contributed by atoms with Crippen LogP contribution in [0.25, 0.3) is 0 Å². The number of ketones is 1. The van der Waals surface area contributed by atoms with E-state index in [9.17, 15) is 4.79 Å². The van der Waals surface area contributed by atoms with Crippen LogP contribution in [0.5, 0.6) is 0 Å². The summed E-state index contributed by atoms with van der Waals surface area (Å²) >= 11 is 0. The molecule has 1 rings (SSSR count). The third kappa shape index (κ3) is 11.7. The smallest absolute Gasteiger partial charge is 0.147 e. The van der Waals surface area contributed by atoms with Crippen LogP contribution in [0.4, 0.5) is 5.69 Å². The van der Waals surface area contributed by atoms with Gasteiger partial charge in [0.1, 0.15) is 5.78 Å². The molecule has 0 saturated carbocycles. The Morgan fingerprint density at radius 1 is 1.05 bits per heavy atom. The lowest BCUT2D eigenvalue weighted by Gasteiger charge is -2.12. The first-order valence-electron chi connectivity index (χ1n) is 7.65. The van der Waals surface area contributed by atoms with Gasteiger partial charge in [-0.15, -0.1) is 0 Å². The van der Waals surface area contributed by atoms with E-state index in [2.05, 4.69) is 5.32 Å². The predicted molar refractivity (Wildman–Crippen MR) is 92.1 cm³/mol. The molecular formula is C17H34N2O. The van der Waals surface area contributed by atoms with E-state index in [1.54, 1.807) is 14.0 Å². The standard InChI is InChI=1S/C11H16N2O.3C2H6/c1-8(14)11(13-2)7-9-3-5-10(12)6-4-9;3*1-2/h3-6,11,13H,7,12H2,1-2H3;3*1-2H3. The van der Waals surface area contributed by atoms with Gasteiger partial charge in [0.2, 0.25) is 0 Å². The Morgan fingerprint density at radius 3 is 1.75 bits per heavy atom. The van der Waals surface area contributed by atoms with Gasteiger partial charge in [-0.05, 0) is 38.1 Å². The largest absolute Gasteiger partial charge is 0.399 e. The summed E-state index contributed by atoms with van der Waals surface area (Å²) < 4.78 is 0. The highest BCUT2D eigenvalue weighted by Gasteiger charge is 2.11. The zero-order valence-corrected chi connectivity index (χ0v) is 14.6. The normalized spacial score (nSPS) is 9.60. The molecule has 0 saturated heterocycles. The molecule has 0 aliphatic heterocycles. The second kappa shape index (κ2) is 17.6. The lowest BCUT2D eigenvalue weighted by molar-refractivity contribution is -0.118. The minimum absolute atomic E-state index is 0.0985. The number of hydrogen-bond donors (Lipinski definition) is 2. The van der Waals surface area contributed by atoms with Crippen molar-refractivity contribution in [1.29, 1.82) is 0 Å². The van der Waals surface area contributed by atoms with Crippen molar-refractivity contribution in [2.24, 2.45) is 0 Å². The number of carbonyl (C=O) groups excluding carboxylic acids is 1. The van der Waals surface area contributed by atoms with Gasteiger partial charge in [-0.25, -0.2) is 0 Å². The first-order chi connectivity index (χ1) is 9.63. The fourth-order valence-corrected chi connectivity index (χ4v) is 1.34. The molecule has 0 aliphatic carbocycles. The van der Waals surface area contributed by atoms with Crippen molar-refractivity contribution in [2.45, 2.75) is 60.9 Å². The van der Waals surface area contributed by atoms with E-state index >= 15 is 0 Å². The van der Waals surface area contributed by atoms with Gasteiger partial charge in [0.05, 0.1) is 6.04 Å². The summed E-state index contributed by atoms with van der Waals surface area (Å²) in [5.41, 5.74) is 7.43. The minimum atomic E-state index is -0.0985. The van der Waals surface area contributed by atoms with E-state index in [1.807, 2.05) is 65.8 Å². The maximum absolute atomic E-state index is 11.2. The number of nitrogen functional groups attached to an aromatic ring is 1. The summed E-state index contributed by atoms with van der Waals surface area (Å²) in [4.78, 5) is 11.2. The summed E-state index contributed by atoms with van der Waals surface area (Å²) in [7, 11) is 1.80. The lowest BCUT2D eigenvalue weighted by Crippen LogP contribution is -2.34. The van der Waals surface area contributed by atoms with Crippen LogP contribution < -0.4 is 11.1 Å². The molecule has 0 bridgehead atoms. The molecule has 0 fully saturated rings. The van der Waals surface area contributed by atoms with Crippen molar-refractivity contribution in [3.8, 4) is 0 Å². The SMILES string of the molecule is CC.CC.CC.CNC(Cc1ccc(N)cc1)C(C)=O. The summed E-state index contributed by atoms with van der Waals surface area (Å²) in [6.07, 6.45) is 0.714. The average molecular weight is 282 g/mol. The van der Waals surface area contributed by atoms with Crippen LogP contribution in [-0.4, -0.2) is 18.9 Å². The molecule has 0 aromatic heterocycles. The number of carbonyl (C=O) groups is 1. The van der Waals surface area contributed by atoms with Gasteiger partial charge in [-0.1, -0.05) is 53.7 Å². The maximum atomic E-state index is 11.2. The van der Waals surface area contributed by atoms with Crippen LogP contribution in [0.1, 0.15) is 54.0 Å². The topological polar surface area (TPSA) is 55.1 Å². The van der Waals surface area contributed by atoms with Crippen LogP contribution in [0.2, 0.25) is 0 Å². The number of nitrogens with two attached hydrogens (primary N) is 1. The second-order valence-electron chi connectivity index (χ2n) is 3.40. The predicted octanol–water partition coefficient (Wildman–Crippen LogP) is 4.07. The van der Waals surface area contributed by atoms with Crippen molar-refractivity contribution in [1.82, 2.24) is 5.32 Å². The van der Waals surface area contributed by atoms with Crippen molar-refractivity contribution in [3.05, 3.63) is 29.8 Å². The lowest BCUT2D eigenvalue weighted by atomic mass is 10.0. The number of likely N-dealkylation sites (N-methyl/N-ethyl adjacent to an activating group) is 1. The molecule has 1 unspecified atom stereocenters. The summed E-state index contributed by atoms with van der Waals surface area (Å²) in [5, 5.41) is 2.98. The minimum Gasteiger partial charge on any atom is -0.399 e. The third-order valence-electron chi connectivity index (χ3n) is 2.26. The van der Waals surface area contributed by atoms with Gasteiger partial charge < -0.3 is 11.1 Å². The quantitative estimate of drug-likeness (QED) is 0.819. The van der Waals surface area contributed by atoms with Crippen molar-refractivity contribution >= 4 is 11.5 Å². The Labute approximate surface area is 126 Å². The molecule has 0 radical (unpaired) electrons. The molecule has 0 aliphatic rings. The number of benzene rings is 1. The Bertz CT molecular complexity index is 307. The molecule has 20 heavy (non-hydrogen) atoms. The van der Waals surface area contributed by atoms with E-state index < -0.39 is 0 Å². The average Bonchev–Trinajstić information content (AvgIpc) is 2.52. The number of rotatable bonds is 4. The van der Waals surface area contributed by atoms with Gasteiger partial charge in [-0.3, -0.25) is 4.79 Å². The van der Waals surface area contributed by atoms with Crippen LogP contribution in [0.15, 0.2) is 24.3 Å². The maximum Gasteiger partial charge on any atom is 0.147 e. The summed E-state index contributed by atoms with van der Waals surface area (Å²) in [6.45, 7) is 13.6. The van der Waals surface area contributed by atoms with E-state index in [1.165, 1.54) is 0 Å². The molecule has 0 amide bonds. The zero-order valence-electron chi connectivity index (χ0n) is 14.6. The Morgan fingerprint density at radius 2 is 1.45 bits per heavy atom. The number of anilines is 1. The number of nitrogens with one attached hydrogen (secondary N) is 1. The van der Waals surface area contributed by atoms with Gasteiger partial charge in [-0.2, -0.15) is 0 Å². The van der Waals surface area contributed by atoms with Gasteiger partial charge in [0.25, 0.3) is 0 Å². The van der Waals surface area contributed by atoms with E-state index in [0.29, 0.717) is 6.42 Å². The molecule has 3 N–H and O–H groups in total. The molecule has 3 nitrogen and oxygen atoms in total. The second-order valence-corrected chi connectivity index (χ2v) is 3.40. The fraction of sp³-hybridized carbons (Fsp3) is 0.588. The van der Waals surface area contributed by atoms with Crippen LogP contribution in [0.3, 0.4) is 0 Å². The van der Waals surface area contributed by atoms with Gasteiger partial charge >= 0.3 is 0 Å². The van der Waals surface area contributed by atoms with E-state index in [4.69, 9.17) is 5.73 Å². The molecule has 1 aromatic rings. The highest BCUT2D eigenvalue weighted by atomic mass is 16.1. The molecule has 0 heterocycles. The monoisotopic (exact) mass is 282 g/mol. The number of Topliss-reactive ketones (excluding diaryl/α,β-unsaturated/α-hetero) is 1. The van der Waals surface area contributed by atoms with Crippen LogP contribution in [-0.2, 0) is 11.2 Å². The Hall–Kier alpha value is -1.35. The molecule has 3 heteroatoms. The first-order valence-corrected chi connectivity index (χ1v) is 7.65. The summed E-state index contributed by atoms with van der Waals surface area (Å²) in [5.74, 6) is 0.157. The van der Waals surface area contributed by atoms with Gasteiger partial charge in [0, 0.05) is 5.69 Å². The van der Waals surface area contributed by atoms with E-state index in [-0.39, 0.29) is 11.8 Å². The van der Waals surface area contributed by atoms with Crippen LogP contribution >= 0.6 is 0 Å². The molecule has 1 aromatic carbocycles. The number of hydrogen-bond acceptors (Lipinski definition) is 3. The molecule has 1 atom stereocenters. The highest BCUT2D eigenvalue weighted by Crippen LogP contribution is 2.08. The first kappa shape index (κ1) is 23.7. The van der Waals surface area contributed by atoms with Crippen molar-refractivity contribution in [2.75, 3.05) is 12.8 Å². The molecule has 0 spiro atoms. The Kier molecular flexibility index (Phi) is 20.9. The van der Waals surface area contributed by atoms with E-state index in [0.717, 1.165) is 11.3 Å². The van der Waals surface area contributed by atoms with Gasteiger partial charge in [0.15, 0.2) is 0 Å². The molecular weight excluding hydrogens is 248 g/mol. The van der Waals surface area contributed by atoms with Crippen molar-refractivity contribution in [3.63, 3.8) is 0 Å². The van der Waals surface area contributed by atoms with Crippen LogP contribution in [0, 0.1) is 0 Å². The van der Waals surface area contributed by atoms with Crippen molar-refractivity contribution < 1.29 is 4.79 Å². The Balaban J connectivity index is -0.000000425. The fourth-order valence-electron chi connectivity index (χ4n) is 1.34. The molecule has 118 valence electrons.